The van der Waals surface area contributed by atoms with Gasteiger partial charge < -0.3 is 24.8 Å². The third kappa shape index (κ3) is 5.65. The number of pyridine rings is 1. The van der Waals surface area contributed by atoms with Crippen LogP contribution < -0.4 is 20.1 Å². The molecule has 0 aliphatic rings. The molecule has 0 aliphatic heterocycles. The number of nitrogens with zero attached hydrogens (tertiary/aromatic N) is 1. The van der Waals surface area contributed by atoms with E-state index >= 15 is 0 Å². The zero-order chi connectivity index (χ0) is 19.9. The summed E-state index contributed by atoms with van der Waals surface area (Å²) in [4.78, 5) is 3.87. The summed E-state index contributed by atoms with van der Waals surface area (Å²) >= 11 is 0. The van der Waals surface area contributed by atoms with Gasteiger partial charge >= 0.3 is 6.18 Å². The molecule has 0 fully saturated rings. The van der Waals surface area contributed by atoms with E-state index in [-0.39, 0.29) is 18.8 Å². The number of halogens is 3. The van der Waals surface area contributed by atoms with Gasteiger partial charge in [0.15, 0.2) is 0 Å². The van der Waals surface area contributed by atoms with Crippen LogP contribution in [0.2, 0.25) is 0 Å². The van der Waals surface area contributed by atoms with Crippen molar-refractivity contribution in [2.75, 3.05) is 45.1 Å². The van der Waals surface area contributed by atoms with Crippen LogP contribution in [0.1, 0.15) is 11.1 Å². The molecule has 0 amide bonds. The van der Waals surface area contributed by atoms with Crippen molar-refractivity contribution in [2.45, 2.75) is 12.7 Å². The van der Waals surface area contributed by atoms with E-state index in [9.17, 15) is 13.2 Å². The molecule has 1 aromatic heterocycles. The molecule has 2 aromatic rings. The highest BCUT2D eigenvalue weighted by atomic mass is 19.4. The second kappa shape index (κ2) is 9.31. The number of anilines is 2. The molecule has 0 aliphatic carbocycles. The highest BCUT2D eigenvalue weighted by Gasteiger charge is 2.34. The third-order valence-corrected chi connectivity index (χ3v) is 3.79. The fourth-order valence-corrected chi connectivity index (χ4v) is 2.40. The Morgan fingerprint density at radius 1 is 1.04 bits per heavy atom. The van der Waals surface area contributed by atoms with Gasteiger partial charge in [0.25, 0.3) is 0 Å². The Morgan fingerprint density at radius 2 is 1.81 bits per heavy atom. The van der Waals surface area contributed by atoms with Gasteiger partial charge in [-0.25, -0.2) is 4.98 Å². The lowest BCUT2D eigenvalue weighted by Gasteiger charge is -2.16. The number of ether oxygens (including phenoxy) is 3. The van der Waals surface area contributed by atoms with Crippen LogP contribution in [0.25, 0.3) is 0 Å². The number of methoxy groups -OCH3 is 3. The molecule has 0 atom stereocenters. The predicted molar refractivity (Wildman–Crippen MR) is 96.5 cm³/mol. The minimum atomic E-state index is -4.50. The minimum Gasteiger partial charge on any atom is -0.497 e. The van der Waals surface area contributed by atoms with E-state index in [4.69, 9.17) is 14.2 Å². The standard InChI is InChI=1S/C18H22F3N3O3/c1-25-7-6-22-15-9-17(24-11-14(15)18(19,20)21)23-10-12-4-5-13(26-2)8-16(12)27-3/h4-5,8-9,11H,6-7,10H2,1-3H3,(H2,22,23,24). The maximum atomic E-state index is 13.2. The average Bonchev–Trinajstić information content (AvgIpc) is 2.65. The molecule has 0 unspecified atom stereocenters. The first-order valence-electron chi connectivity index (χ1n) is 8.14. The zero-order valence-corrected chi connectivity index (χ0v) is 15.3. The van der Waals surface area contributed by atoms with Crippen LogP contribution in [0.3, 0.4) is 0 Å². The number of aromatic nitrogens is 1. The fourth-order valence-electron chi connectivity index (χ4n) is 2.40. The molecule has 2 rings (SSSR count). The summed E-state index contributed by atoms with van der Waals surface area (Å²) in [6.07, 6.45) is -3.69. The van der Waals surface area contributed by atoms with Crippen molar-refractivity contribution in [3.63, 3.8) is 0 Å². The molecule has 0 spiro atoms. The maximum Gasteiger partial charge on any atom is 0.419 e. The summed E-state index contributed by atoms with van der Waals surface area (Å²) in [7, 11) is 4.57. The molecule has 1 aromatic carbocycles. The van der Waals surface area contributed by atoms with Gasteiger partial charge in [-0.15, -0.1) is 0 Å². The molecule has 0 bridgehead atoms. The summed E-state index contributed by atoms with van der Waals surface area (Å²) in [5, 5.41) is 5.74. The van der Waals surface area contributed by atoms with Crippen LogP contribution in [-0.4, -0.2) is 39.5 Å². The third-order valence-electron chi connectivity index (χ3n) is 3.79. The number of nitrogens with one attached hydrogen (secondary N) is 2. The van der Waals surface area contributed by atoms with E-state index < -0.39 is 11.7 Å². The van der Waals surface area contributed by atoms with E-state index in [1.54, 1.807) is 19.2 Å². The Kier molecular flexibility index (Phi) is 7.12. The number of hydrogen-bond acceptors (Lipinski definition) is 6. The van der Waals surface area contributed by atoms with Crippen LogP contribution in [0.4, 0.5) is 24.7 Å². The summed E-state index contributed by atoms with van der Waals surface area (Å²) < 4.78 is 54.8. The Balaban J connectivity index is 2.18. The van der Waals surface area contributed by atoms with Gasteiger partial charge in [0, 0.05) is 44.1 Å². The van der Waals surface area contributed by atoms with Crippen LogP contribution >= 0.6 is 0 Å². The van der Waals surface area contributed by atoms with Crippen molar-refractivity contribution in [3.05, 3.63) is 41.6 Å². The van der Waals surface area contributed by atoms with Gasteiger partial charge in [-0.2, -0.15) is 13.2 Å². The minimum absolute atomic E-state index is 0.0567. The molecule has 0 radical (unpaired) electrons. The lowest BCUT2D eigenvalue weighted by Crippen LogP contribution is -2.15. The highest BCUT2D eigenvalue weighted by Crippen LogP contribution is 2.35. The van der Waals surface area contributed by atoms with Crippen molar-refractivity contribution in [1.29, 1.82) is 0 Å². The average molecular weight is 385 g/mol. The molecule has 9 heteroatoms. The van der Waals surface area contributed by atoms with E-state index in [2.05, 4.69) is 15.6 Å². The van der Waals surface area contributed by atoms with Crippen LogP contribution in [0.5, 0.6) is 11.5 Å². The molecule has 27 heavy (non-hydrogen) atoms. The Labute approximate surface area is 155 Å². The number of hydrogen-bond donors (Lipinski definition) is 2. The smallest absolute Gasteiger partial charge is 0.419 e. The topological polar surface area (TPSA) is 64.6 Å². The molecule has 148 valence electrons. The molecule has 1 heterocycles. The van der Waals surface area contributed by atoms with Crippen molar-refractivity contribution < 1.29 is 27.4 Å². The van der Waals surface area contributed by atoms with Crippen LogP contribution in [0, 0.1) is 0 Å². The summed E-state index contributed by atoms with van der Waals surface area (Å²) in [5.41, 5.74) is -0.0705. The molecule has 0 saturated carbocycles. The van der Waals surface area contributed by atoms with Crippen molar-refractivity contribution in [1.82, 2.24) is 4.98 Å². The number of benzene rings is 1. The monoisotopic (exact) mass is 385 g/mol. The van der Waals surface area contributed by atoms with E-state index in [0.717, 1.165) is 11.8 Å². The van der Waals surface area contributed by atoms with Crippen molar-refractivity contribution in [2.24, 2.45) is 0 Å². The molecular weight excluding hydrogens is 363 g/mol. The van der Waals surface area contributed by atoms with E-state index in [1.807, 2.05) is 6.07 Å². The number of alkyl halides is 3. The van der Waals surface area contributed by atoms with Gasteiger partial charge in [-0.1, -0.05) is 0 Å². The van der Waals surface area contributed by atoms with E-state index in [0.29, 0.717) is 23.9 Å². The molecule has 2 N–H and O–H groups in total. The first-order valence-corrected chi connectivity index (χ1v) is 8.14. The van der Waals surface area contributed by atoms with Crippen LogP contribution in [-0.2, 0) is 17.5 Å². The van der Waals surface area contributed by atoms with Crippen molar-refractivity contribution >= 4 is 11.5 Å². The normalized spacial score (nSPS) is 11.2. The first-order chi connectivity index (χ1) is 12.9. The van der Waals surface area contributed by atoms with E-state index in [1.165, 1.54) is 20.3 Å². The SMILES string of the molecule is COCCNc1cc(NCc2ccc(OC)cc2OC)ncc1C(F)(F)F. The van der Waals surface area contributed by atoms with Gasteiger partial charge in [0.05, 0.1) is 32.1 Å². The lowest BCUT2D eigenvalue weighted by molar-refractivity contribution is -0.137. The van der Waals surface area contributed by atoms with Crippen LogP contribution in [0.15, 0.2) is 30.5 Å². The maximum absolute atomic E-state index is 13.2. The number of rotatable bonds is 9. The van der Waals surface area contributed by atoms with Gasteiger partial charge in [-0.05, 0) is 12.1 Å². The van der Waals surface area contributed by atoms with Gasteiger partial charge in [-0.3, -0.25) is 0 Å². The summed E-state index contributed by atoms with van der Waals surface area (Å²) in [5.74, 6) is 1.56. The Hall–Kier alpha value is -2.68. The first kappa shape index (κ1) is 20.6. The fraction of sp³-hybridized carbons (Fsp3) is 0.389. The zero-order valence-electron chi connectivity index (χ0n) is 15.3. The summed E-state index contributed by atoms with van der Waals surface area (Å²) in [6, 6.07) is 6.65. The summed E-state index contributed by atoms with van der Waals surface area (Å²) in [6.45, 7) is 0.851. The quantitative estimate of drug-likeness (QED) is 0.641. The Bertz CT molecular complexity index is 754. The molecule has 6 nitrogen and oxygen atoms in total. The Morgan fingerprint density at radius 3 is 2.44 bits per heavy atom. The largest absolute Gasteiger partial charge is 0.497 e. The second-order valence-corrected chi connectivity index (χ2v) is 5.56. The predicted octanol–water partition coefficient (Wildman–Crippen LogP) is 3.79. The molecule has 0 saturated heterocycles. The lowest BCUT2D eigenvalue weighted by atomic mass is 10.2. The van der Waals surface area contributed by atoms with Gasteiger partial charge in [0.1, 0.15) is 17.3 Å². The highest BCUT2D eigenvalue weighted by molar-refractivity contribution is 5.58. The second-order valence-electron chi connectivity index (χ2n) is 5.56. The van der Waals surface area contributed by atoms with Crippen molar-refractivity contribution in [3.8, 4) is 11.5 Å². The van der Waals surface area contributed by atoms with Gasteiger partial charge in [0.2, 0.25) is 0 Å². The molecular formula is C18H22F3N3O3.